The summed E-state index contributed by atoms with van der Waals surface area (Å²) in [5.74, 6) is 1.68. The average molecular weight is 1040 g/mol. The number of fused-ring (bicyclic) bond motifs is 7. The van der Waals surface area contributed by atoms with Gasteiger partial charge in [-0.15, -0.1) is 48.0 Å². The molecule has 0 saturated carbocycles. The fourth-order valence-corrected chi connectivity index (χ4v) is 8.90. The molecule has 11 rings (SSSR count). The second kappa shape index (κ2) is 17.9. The molecule has 0 aliphatic heterocycles. The topological polar surface area (TPSA) is 56.7 Å². The molecule has 0 unspecified atom stereocenters. The molecule has 3 aromatic heterocycles. The van der Waals surface area contributed by atoms with Gasteiger partial charge in [0.2, 0.25) is 0 Å². The second-order valence-corrected chi connectivity index (χ2v) is 18.4. The van der Waals surface area contributed by atoms with Gasteiger partial charge in [0.15, 0.2) is 0 Å². The normalized spacial score (nSPS) is 11.8. The van der Waals surface area contributed by atoms with Gasteiger partial charge in [0.05, 0.1) is 28.3 Å². The minimum atomic E-state index is -0.305. The summed E-state index contributed by atoms with van der Waals surface area (Å²) in [6, 6.07) is 58.1. The van der Waals surface area contributed by atoms with Gasteiger partial charge >= 0.3 is 0 Å². The molecule has 329 valence electrons. The van der Waals surface area contributed by atoms with Crippen LogP contribution in [0, 0.1) is 17.9 Å². The van der Waals surface area contributed by atoms with E-state index in [2.05, 4.69) is 196 Å². The van der Waals surface area contributed by atoms with Crippen molar-refractivity contribution >= 4 is 54.5 Å². The first-order valence-electron chi connectivity index (χ1n) is 22.3. The maximum absolute atomic E-state index is 12.8. The quantitative estimate of drug-likeness (QED) is 0.123. The standard InChI is InChI=1S/C45H35N2O.C14H14FN2.Ir/c1-27(2)36-24-32(29-13-6-5-7-14-29)25-37(28(3)4)43(36)47-41-20-11-10-19-40(41)46-45(47)35-18-12-17-34-39-23-31-22-21-30-15-8-9-16-33(30)38(31)26-42(39)48-44(34)35;1-14(2,3)12-8-9-16-13(17-12)10-4-6-11(15)7-5-10;/h5-17,19-28H,1-4H3;4,6-9H,1-3H3;/q2*-1;. The summed E-state index contributed by atoms with van der Waals surface area (Å²) in [7, 11) is 0. The van der Waals surface area contributed by atoms with Gasteiger partial charge < -0.3 is 8.98 Å². The van der Waals surface area contributed by atoms with Crippen LogP contribution in [0.5, 0.6) is 0 Å². The second-order valence-electron chi connectivity index (χ2n) is 18.4. The summed E-state index contributed by atoms with van der Waals surface area (Å²) in [5.41, 5.74) is 12.4. The SMILES string of the molecule is CC(C)(C)c1ccnc(-c2[c-]cc(F)cc2)n1.CC(C)c1cc(-c2ccccc2)cc(C(C)C)c1-n1c(-c2[c-]ccc3c2oc2cc4c(ccc5ccccc54)cc23)nc2ccccc21.[Ir]. The van der Waals surface area contributed by atoms with Crippen LogP contribution in [0.15, 0.2) is 162 Å². The Morgan fingerprint density at radius 2 is 1.35 bits per heavy atom. The van der Waals surface area contributed by atoms with Crippen molar-refractivity contribution in [2.75, 3.05) is 0 Å². The number of nitrogens with zero attached hydrogens (tertiary/aromatic N) is 4. The molecular weight excluding hydrogens is 992 g/mol. The van der Waals surface area contributed by atoms with E-state index < -0.39 is 0 Å². The Morgan fingerprint density at radius 3 is 2.08 bits per heavy atom. The number of aromatic nitrogens is 4. The first-order valence-corrected chi connectivity index (χ1v) is 22.3. The van der Waals surface area contributed by atoms with E-state index in [0.717, 1.165) is 50.1 Å². The van der Waals surface area contributed by atoms with Crippen molar-refractivity contribution in [2.24, 2.45) is 0 Å². The van der Waals surface area contributed by atoms with Crippen molar-refractivity contribution in [3.8, 4) is 39.6 Å². The van der Waals surface area contributed by atoms with Crippen LogP contribution in [0.2, 0.25) is 0 Å². The van der Waals surface area contributed by atoms with E-state index in [9.17, 15) is 4.39 Å². The molecule has 5 nitrogen and oxygen atoms in total. The van der Waals surface area contributed by atoms with E-state index in [-0.39, 0.29) is 43.2 Å². The minimum absolute atomic E-state index is 0. The van der Waals surface area contributed by atoms with Crippen LogP contribution < -0.4 is 0 Å². The van der Waals surface area contributed by atoms with Crippen molar-refractivity contribution in [3.63, 3.8) is 0 Å². The molecule has 7 heteroatoms. The zero-order chi connectivity index (χ0) is 45.0. The fourth-order valence-electron chi connectivity index (χ4n) is 8.90. The third-order valence-electron chi connectivity index (χ3n) is 12.3. The van der Waals surface area contributed by atoms with Gasteiger partial charge in [-0.1, -0.05) is 138 Å². The zero-order valence-corrected chi connectivity index (χ0v) is 40.5. The van der Waals surface area contributed by atoms with Gasteiger partial charge in [-0.3, -0.25) is 19.3 Å². The van der Waals surface area contributed by atoms with Gasteiger partial charge in [-0.05, 0) is 98.1 Å². The molecule has 66 heavy (non-hydrogen) atoms. The van der Waals surface area contributed by atoms with E-state index in [0.29, 0.717) is 11.4 Å². The summed E-state index contributed by atoms with van der Waals surface area (Å²) >= 11 is 0. The minimum Gasteiger partial charge on any atom is -0.501 e. The third kappa shape index (κ3) is 8.23. The predicted octanol–water partition coefficient (Wildman–Crippen LogP) is 16.0. The van der Waals surface area contributed by atoms with Crippen LogP contribution in [0.4, 0.5) is 4.39 Å². The molecule has 0 fully saturated rings. The van der Waals surface area contributed by atoms with Gasteiger partial charge in [0, 0.05) is 54.3 Å². The molecule has 0 aliphatic carbocycles. The average Bonchev–Trinajstić information content (AvgIpc) is 3.89. The van der Waals surface area contributed by atoms with Gasteiger partial charge in [0.1, 0.15) is 5.58 Å². The summed E-state index contributed by atoms with van der Waals surface area (Å²) in [6.45, 7) is 15.4. The maximum atomic E-state index is 12.8. The van der Waals surface area contributed by atoms with Gasteiger partial charge in [0.25, 0.3) is 0 Å². The number of hydrogen-bond donors (Lipinski definition) is 0. The number of benzene rings is 8. The summed E-state index contributed by atoms with van der Waals surface area (Å²) < 4.78 is 22.0. The van der Waals surface area contributed by atoms with E-state index in [4.69, 9.17) is 9.40 Å². The molecule has 0 atom stereocenters. The fraction of sp³-hybridized carbons (Fsp3) is 0.169. The molecule has 1 radical (unpaired) electrons. The van der Waals surface area contributed by atoms with E-state index in [1.807, 2.05) is 12.1 Å². The van der Waals surface area contributed by atoms with E-state index >= 15 is 0 Å². The number of para-hydroxylation sites is 2. The van der Waals surface area contributed by atoms with Crippen LogP contribution >= 0.6 is 0 Å². The number of hydrogen-bond acceptors (Lipinski definition) is 4. The molecule has 3 heterocycles. The van der Waals surface area contributed by atoms with Crippen LogP contribution in [0.3, 0.4) is 0 Å². The monoisotopic (exact) mass is 1040 g/mol. The van der Waals surface area contributed by atoms with Crippen molar-refractivity contribution in [2.45, 2.75) is 65.7 Å². The van der Waals surface area contributed by atoms with Crippen molar-refractivity contribution in [3.05, 3.63) is 193 Å². The molecule has 0 amide bonds. The number of furan rings is 1. The van der Waals surface area contributed by atoms with Gasteiger partial charge in [-0.2, -0.15) is 0 Å². The Bertz CT molecular complexity index is 3520. The van der Waals surface area contributed by atoms with Crippen LogP contribution in [0.1, 0.15) is 77.1 Å². The molecule has 0 N–H and O–H groups in total. The predicted molar refractivity (Wildman–Crippen MR) is 266 cm³/mol. The Hall–Kier alpha value is -6.79. The van der Waals surface area contributed by atoms with Crippen LogP contribution in [-0.4, -0.2) is 19.5 Å². The number of halogens is 1. The first-order chi connectivity index (χ1) is 31.4. The summed E-state index contributed by atoms with van der Waals surface area (Å²) in [4.78, 5) is 14.0. The largest absolute Gasteiger partial charge is 0.501 e. The molecule has 11 aromatic rings. The zero-order valence-electron chi connectivity index (χ0n) is 38.1. The molecule has 0 aliphatic rings. The van der Waals surface area contributed by atoms with E-state index in [1.54, 1.807) is 12.3 Å². The molecule has 0 spiro atoms. The Balaban J connectivity index is 0.000000257. The van der Waals surface area contributed by atoms with Crippen LogP contribution in [0.25, 0.3) is 94.1 Å². The van der Waals surface area contributed by atoms with Gasteiger partial charge in [-0.25, -0.2) is 0 Å². The molecule has 0 bridgehead atoms. The summed E-state index contributed by atoms with van der Waals surface area (Å²) in [6.07, 6.45) is 1.72. The molecule has 8 aromatic carbocycles. The molecule has 0 saturated heterocycles. The molecular formula is C59H49FIrN4O-2. The Kier molecular flexibility index (Phi) is 12.0. The van der Waals surface area contributed by atoms with Crippen molar-refractivity contribution < 1.29 is 28.9 Å². The van der Waals surface area contributed by atoms with Crippen LogP contribution in [-0.2, 0) is 25.5 Å². The third-order valence-corrected chi connectivity index (χ3v) is 12.3. The Labute approximate surface area is 398 Å². The van der Waals surface area contributed by atoms with E-state index in [1.165, 1.54) is 61.6 Å². The number of imidazole rings is 1. The smallest absolute Gasteiger partial charge is 0.121 e. The van der Waals surface area contributed by atoms with Crippen molar-refractivity contribution in [1.29, 1.82) is 0 Å². The maximum Gasteiger partial charge on any atom is 0.121 e. The van der Waals surface area contributed by atoms with Crippen molar-refractivity contribution in [1.82, 2.24) is 19.5 Å². The Morgan fingerprint density at radius 1 is 0.636 bits per heavy atom. The summed E-state index contributed by atoms with van der Waals surface area (Å²) in [5, 5.41) is 7.02. The number of rotatable bonds is 6. The first kappa shape index (κ1) is 44.4.